The fourth-order valence-corrected chi connectivity index (χ4v) is 1.64. The summed E-state index contributed by atoms with van der Waals surface area (Å²) in [5.74, 6) is -0.333. The van der Waals surface area contributed by atoms with Crippen LogP contribution in [0.4, 0.5) is 5.69 Å². The minimum absolute atomic E-state index is 0.210. The summed E-state index contributed by atoms with van der Waals surface area (Å²) >= 11 is 0. The molecule has 5 nitrogen and oxygen atoms in total. The van der Waals surface area contributed by atoms with Crippen LogP contribution in [0.3, 0.4) is 0 Å². The molecule has 0 aliphatic rings. The lowest BCUT2D eigenvalue weighted by Gasteiger charge is -2.06. The van der Waals surface area contributed by atoms with Crippen molar-refractivity contribution in [3.63, 3.8) is 0 Å². The number of hydrogen-bond acceptors (Lipinski definition) is 3. The number of rotatable bonds is 3. The van der Waals surface area contributed by atoms with Crippen molar-refractivity contribution in [1.82, 2.24) is 9.78 Å². The molecule has 19 heavy (non-hydrogen) atoms. The highest BCUT2D eigenvalue weighted by Gasteiger charge is 2.08. The second-order valence-corrected chi connectivity index (χ2v) is 4.19. The van der Waals surface area contributed by atoms with Crippen LogP contribution in [0.1, 0.15) is 23.0 Å². The fraction of sp³-hybridized carbons (Fsp3) is 0.214. The van der Waals surface area contributed by atoms with E-state index in [1.165, 1.54) is 24.7 Å². The molecule has 1 N–H and O–H groups in total. The maximum absolute atomic E-state index is 11.9. The van der Waals surface area contributed by atoms with Crippen LogP contribution < -0.4 is 10.9 Å². The molecular weight excluding hydrogens is 242 g/mol. The molecule has 1 aromatic heterocycles. The largest absolute Gasteiger partial charge is 0.321 e. The Morgan fingerprint density at radius 1 is 1.21 bits per heavy atom. The summed E-state index contributed by atoms with van der Waals surface area (Å²) < 4.78 is 1.13. The van der Waals surface area contributed by atoms with Gasteiger partial charge in [0.05, 0.1) is 0 Å². The zero-order valence-electron chi connectivity index (χ0n) is 10.9. The number of nitrogens with one attached hydrogen (secondary N) is 1. The maximum atomic E-state index is 11.9. The highest BCUT2D eigenvalue weighted by molar-refractivity contribution is 6.02. The summed E-state index contributed by atoms with van der Waals surface area (Å²) in [5.41, 5.74) is 1.88. The molecule has 0 unspecified atom stereocenters. The van der Waals surface area contributed by atoms with Crippen LogP contribution in [-0.2, 0) is 13.5 Å². The van der Waals surface area contributed by atoms with E-state index in [0.717, 1.165) is 11.1 Å². The molecule has 0 atom stereocenters. The van der Waals surface area contributed by atoms with Gasteiger partial charge in [0.25, 0.3) is 11.5 Å². The number of anilines is 1. The van der Waals surface area contributed by atoms with Crippen molar-refractivity contribution < 1.29 is 4.79 Å². The van der Waals surface area contributed by atoms with Crippen molar-refractivity contribution in [1.29, 1.82) is 0 Å². The number of carbonyl (C=O) groups is 1. The van der Waals surface area contributed by atoms with Gasteiger partial charge in [0.1, 0.15) is 5.69 Å². The highest BCUT2D eigenvalue weighted by Crippen LogP contribution is 2.10. The third-order valence-corrected chi connectivity index (χ3v) is 2.81. The average Bonchev–Trinajstić information content (AvgIpc) is 2.42. The fourth-order valence-electron chi connectivity index (χ4n) is 1.64. The third-order valence-electron chi connectivity index (χ3n) is 2.81. The second-order valence-electron chi connectivity index (χ2n) is 4.19. The number of amides is 1. The van der Waals surface area contributed by atoms with E-state index in [1.807, 2.05) is 24.3 Å². The van der Waals surface area contributed by atoms with Crippen LogP contribution in [0.15, 0.2) is 41.2 Å². The van der Waals surface area contributed by atoms with Gasteiger partial charge >= 0.3 is 0 Å². The normalized spacial score (nSPS) is 10.2. The lowest BCUT2D eigenvalue weighted by atomic mass is 10.1. The summed E-state index contributed by atoms with van der Waals surface area (Å²) in [6.07, 6.45) is 0.955. The molecule has 2 rings (SSSR count). The van der Waals surface area contributed by atoms with E-state index in [1.54, 1.807) is 0 Å². The molecule has 2 aromatic rings. The zero-order chi connectivity index (χ0) is 13.8. The van der Waals surface area contributed by atoms with E-state index in [2.05, 4.69) is 17.3 Å². The molecule has 0 aliphatic heterocycles. The van der Waals surface area contributed by atoms with Gasteiger partial charge in [0.2, 0.25) is 0 Å². The van der Waals surface area contributed by atoms with Crippen molar-refractivity contribution in [2.75, 3.05) is 5.32 Å². The monoisotopic (exact) mass is 257 g/mol. The van der Waals surface area contributed by atoms with Gasteiger partial charge in [-0.3, -0.25) is 9.59 Å². The van der Waals surface area contributed by atoms with Gasteiger partial charge < -0.3 is 5.32 Å². The number of benzene rings is 1. The maximum Gasteiger partial charge on any atom is 0.276 e. The van der Waals surface area contributed by atoms with E-state index >= 15 is 0 Å². The van der Waals surface area contributed by atoms with E-state index < -0.39 is 0 Å². The van der Waals surface area contributed by atoms with Gasteiger partial charge in [0, 0.05) is 18.8 Å². The van der Waals surface area contributed by atoms with Gasteiger partial charge in [0.15, 0.2) is 0 Å². The molecule has 0 fully saturated rings. The smallest absolute Gasteiger partial charge is 0.276 e. The Labute approximate surface area is 110 Å². The second kappa shape index (κ2) is 5.48. The van der Waals surface area contributed by atoms with Crippen molar-refractivity contribution in [2.45, 2.75) is 13.3 Å². The molecule has 0 saturated carbocycles. The SMILES string of the molecule is CCc1ccc(NC(=O)c2ccc(=O)n(C)n2)cc1. The van der Waals surface area contributed by atoms with Crippen molar-refractivity contribution in [2.24, 2.45) is 7.05 Å². The van der Waals surface area contributed by atoms with E-state index in [0.29, 0.717) is 5.69 Å². The molecular formula is C14H15N3O2. The van der Waals surface area contributed by atoms with Crippen LogP contribution in [0.25, 0.3) is 0 Å². The molecule has 0 radical (unpaired) electrons. The Bertz CT molecular complexity index is 644. The summed E-state index contributed by atoms with van der Waals surface area (Å²) in [6, 6.07) is 10.4. The minimum Gasteiger partial charge on any atom is -0.321 e. The first-order valence-corrected chi connectivity index (χ1v) is 6.05. The molecule has 0 aliphatic carbocycles. The lowest BCUT2D eigenvalue weighted by Crippen LogP contribution is -2.23. The predicted molar refractivity (Wildman–Crippen MR) is 73.3 cm³/mol. The van der Waals surface area contributed by atoms with Crippen LogP contribution >= 0.6 is 0 Å². The van der Waals surface area contributed by atoms with Crippen LogP contribution in [0.2, 0.25) is 0 Å². The van der Waals surface area contributed by atoms with Gasteiger partial charge in [-0.25, -0.2) is 4.68 Å². The Hall–Kier alpha value is -2.43. The molecule has 1 amide bonds. The third kappa shape index (κ3) is 3.07. The molecule has 5 heteroatoms. The number of hydrogen-bond donors (Lipinski definition) is 1. The standard InChI is InChI=1S/C14H15N3O2/c1-3-10-4-6-11(7-5-10)15-14(19)12-8-9-13(18)17(2)16-12/h4-9H,3H2,1-2H3,(H,15,19). The van der Waals surface area contributed by atoms with Gasteiger partial charge in [-0.2, -0.15) is 5.10 Å². The lowest BCUT2D eigenvalue weighted by molar-refractivity contribution is 0.102. The van der Waals surface area contributed by atoms with Crippen molar-refractivity contribution in [3.05, 3.63) is 58.0 Å². The minimum atomic E-state index is -0.333. The number of nitrogens with zero attached hydrogens (tertiary/aromatic N) is 2. The first kappa shape index (κ1) is 13.0. The first-order valence-electron chi connectivity index (χ1n) is 6.05. The number of aromatic nitrogens is 2. The molecule has 1 heterocycles. The van der Waals surface area contributed by atoms with Crippen LogP contribution in [0.5, 0.6) is 0 Å². The Morgan fingerprint density at radius 3 is 2.47 bits per heavy atom. The average molecular weight is 257 g/mol. The Balaban J connectivity index is 2.15. The quantitative estimate of drug-likeness (QED) is 0.908. The summed E-state index contributed by atoms with van der Waals surface area (Å²) in [7, 11) is 1.51. The predicted octanol–water partition coefficient (Wildman–Crippen LogP) is 1.59. The summed E-state index contributed by atoms with van der Waals surface area (Å²) in [6.45, 7) is 2.07. The molecule has 0 spiro atoms. The molecule has 0 saturated heterocycles. The highest BCUT2D eigenvalue weighted by atomic mass is 16.2. The molecule has 1 aromatic carbocycles. The van der Waals surface area contributed by atoms with E-state index in [9.17, 15) is 9.59 Å². The molecule has 0 bridgehead atoms. The van der Waals surface area contributed by atoms with E-state index in [-0.39, 0.29) is 17.2 Å². The van der Waals surface area contributed by atoms with E-state index in [4.69, 9.17) is 0 Å². The van der Waals surface area contributed by atoms with Crippen LogP contribution in [0, 0.1) is 0 Å². The first-order chi connectivity index (χ1) is 9.10. The zero-order valence-corrected chi connectivity index (χ0v) is 10.9. The Morgan fingerprint density at radius 2 is 1.89 bits per heavy atom. The summed E-state index contributed by atoms with van der Waals surface area (Å²) in [4.78, 5) is 23.1. The Kier molecular flexibility index (Phi) is 3.75. The van der Waals surface area contributed by atoms with Crippen molar-refractivity contribution >= 4 is 11.6 Å². The van der Waals surface area contributed by atoms with Gasteiger partial charge in [-0.15, -0.1) is 0 Å². The van der Waals surface area contributed by atoms with Gasteiger partial charge in [-0.1, -0.05) is 19.1 Å². The number of aryl methyl sites for hydroxylation is 2. The van der Waals surface area contributed by atoms with Gasteiger partial charge in [-0.05, 0) is 30.2 Å². The molecule has 98 valence electrons. The van der Waals surface area contributed by atoms with Crippen molar-refractivity contribution in [3.8, 4) is 0 Å². The number of carbonyl (C=O) groups excluding carboxylic acids is 1. The topological polar surface area (TPSA) is 64.0 Å². The summed E-state index contributed by atoms with van der Waals surface area (Å²) in [5, 5.41) is 6.63. The van der Waals surface area contributed by atoms with Crippen LogP contribution in [-0.4, -0.2) is 15.7 Å².